The van der Waals surface area contributed by atoms with Gasteiger partial charge in [-0.2, -0.15) is 0 Å². The van der Waals surface area contributed by atoms with Gasteiger partial charge in [-0.15, -0.1) is 0 Å². The molecular weight excluding hydrogens is 274 g/mol. The topological polar surface area (TPSA) is 38.3 Å². The number of hydrogen-bond acceptors (Lipinski definition) is 2. The molecule has 0 aromatic heterocycles. The van der Waals surface area contributed by atoms with E-state index in [1.165, 1.54) is 5.56 Å². The van der Waals surface area contributed by atoms with E-state index in [1.807, 2.05) is 48.5 Å². The zero-order valence-electron chi connectivity index (χ0n) is 13.6. The molecule has 2 aromatic rings. The summed E-state index contributed by atoms with van der Waals surface area (Å²) >= 11 is 0. The first kappa shape index (κ1) is 16.1. The average molecular weight is 297 g/mol. The fourth-order valence-electron chi connectivity index (χ4n) is 2.15. The Hall–Kier alpha value is -2.29. The van der Waals surface area contributed by atoms with E-state index in [0.717, 1.165) is 11.3 Å². The summed E-state index contributed by atoms with van der Waals surface area (Å²) in [5.74, 6) is 0.754. The maximum absolute atomic E-state index is 12.2. The summed E-state index contributed by atoms with van der Waals surface area (Å²) in [7, 11) is 1.64. The molecule has 2 rings (SSSR count). The maximum atomic E-state index is 12.2. The van der Waals surface area contributed by atoms with Gasteiger partial charge < -0.3 is 10.1 Å². The van der Waals surface area contributed by atoms with Gasteiger partial charge in [0.2, 0.25) is 0 Å². The van der Waals surface area contributed by atoms with Crippen molar-refractivity contribution in [3.05, 3.63) is 65.2 Å². The van der Waals surface area contributed by atoms with Crippen LogP contribution in [0.1, 0.15) is 42.3 Å². The molecule has 0 unspecified atom stereocenters. The molecule has 2 aromatic carbocycles. The summed E-state index contributed by atoms with van der Waals surface area (Å²) in [5.41, 5.74) is 3.04. The quantitative estimate of drug-likeness (QED) is 0.928. The molecule has 0 saturated heterocycles. The van der Waals surface area contributed by atoms with Crippen molar-refractivity contribution >= 4 is 5.91 Å². The number of rotatable bonds is 4. The van der Waals surface area contributed by atoms with E-state index in [4.69, 9.17) is 4.74 Å². The lowest BCUT2D eigenvalue weighted by Crippen LogP contribution is -2.23. The Morgan fingerprint density at radius 1 is 1.00 bits per heavy atom. The van der Waals surface area contributed by atoms with Gasteiger partial charge in [-0.05, 0) is 40.8 Å². The summed E-state index contributed by atoms with van der Waals surface area (Å²) in [5, 5.41) is 2.93. The highest BCUT2D eigenvalue weighted by Gasteiger charge is 2.14. The van der Waals surface area contributed by atoms with Crippen molar-refractivity contribution in [1.29, 1.82) is 0 Å². The van der Waals surface area contributed by atoms with Crippen molar-refractivity contribution < 1.29 is 9.53 Å². The van der Waals surface area contributed by atoms with E-state index in [0.29, 0.717) is 12.1 Å². The zero-order valence-corrected chi connectivity index (χ0v) is 13.6. The Bertz CT molecular complexity index is 622. The van der Waals surface area contributed by atoms with Crippen molar-refractivity contribution in [2.45, 2.75) is 32.7 Å². The Morgan fingerprint density at radius 2 is 1.59 bits per heavy atom. The number of carbonyl (C=O) groups is 1. The van der Waals surface area contributed by atoms with Crippen LogP contribution in [-0.2, 0) is 12.0 Å². The highest BCUT2D eigenvalue weighted by Crippen LogP contribution is 2.22. The molecule has 0 aliphatic rings. The molecule has 3 nitrogen and oxygen atoms in total. The van der Waals surface area contributed by atoms with Crippen molar-refractivity contribution in [1.82, 2.24) is 5.32 Å². The van der Waals surface area contributed by atoms with Crippen LogP contribution in [0.5, 0.6) is 5.75 Å². The lowest BCUT2D eigenvalue weighted by Gasteiger charge is -2.19. The monoisotopic (exact) mass is 297 g/mol. The Morgan fingerprint density at radius 3 is 2.09 bits per heavy atom. The van der Waals surface area contributed by atoms with Gasteiger partial charge in [0.1, 0.15) is 5.75 Å². The molecular formula is C19H23NO2. The minimum atomic E-state index is -0.0590. The lowest BCUT2D eigenvalue weighted by molar-refractivity contribution is 0.0951. The van der Waals surface area contributed by atoms with Gasteiger partial charge in [0.25, 0.3) is 5.91 Å². The predicted octanol–water partition coefficient (Wildman–Crippen LogP) is 3.92. The molecule has 0 bridgehead atoms. The fourth-order valence-corrected chi connectivity index (χ4v) is 2.15. The Balaban J connectivity index is 1.97. The van der Waals surface area contributed by atoms with Gasteiger partial charge in [-0.25, -0.2) is 0 Å². The van der Waals surface area contributed by atoms with Crippen molar-refractivity contribution in [2.75, 3.05) is 7.11 Å². The standard InChI is InChI=1S/C19H23NO2/c1-19(2,3)16-9-7-15(8-10-16)18(21)20-13-14-5-11-17(22-4)12-6-14/h5-12H,13H2,1-4H3,(H,20,21). The SMILES string of the molecule is COc1ccc(CNC(=O)c2ccc(C(C)(C)C)cc2)cc1. The second-order valence-corrected chi connectivity index (χ2v) is 6.36. The van der Waals surface area contributed by atoms with Crippen molar-refractivity contribution in [3.63, 3.8) is 0 Å². The third kappa shape index (κ3) is 4.10. The van der Waals surface area contributed by atoms with E-state index in [2.05, 4.69) is 26.1 Å². The lowest BCUT2D eigenvalue weighted by atomic mass is 9.87. The number of nitrogens with one attached hydrogen (secondary N) is 1. The largest absolute Gasteiger partial charge is 0.497 e. The molecule has 3 heteroatoms. The van der Waals surface area contributed by atoms with Crippen LogP contribution in [0.25, 0.3) is 0 Å². The van der Waals surface area contributed by atoms with Crippen molar-refractivity contribution in [2.24, 2.45) is 0 Å². The summed E-state index contributed by atoms with van der Waals surface area (Å²) in [4.78, 5) is 12.2. The van der Waals surface area contributed by atoms with Crippen LogP contribution >= 0.6 is 0 Å². The third-order valence-corrected chi connectivity index (χ3v) is 3.63. The molecule has 0 heterocycles. The van der Waals surface area contributed by atoms with Gasteiger partial charge in [0.15, 0.2) is 0 Å². The molecule has 1 amide bonds. The molecule has 116 valence electrons. The number of amides is 1. The van der Waals surface area contributed by atoms with E-state index >= 15 is 0 Å². The van der Waals surface area contributed by atoms with Crippen LogP contribution in [-0.4, -0.2) is 13.0 Å². The molecule has 1 N–H and O–H groups in total. The highest BCUT2D eigenvalue weighted by molar-refractivity contribution is 5.94. The summed E-state index contributed by atoms with van der Waals surface area (Å²) < 4.78 is 5.12. The molecule has 0 saturated carbocycles. The molecule has 0 aliphatic carbocycles. The molecule has 0 fully saturated rings. The molecule has 22 heavy (non-hydrogen) atoms. The van der Waals surface area contributed by atoms with Crippen LogP contribution in [0.3, 0.4) is 0 Å². The molecule has 0 aliphatic heterocycles. The summed E-state index contributed by atoms with van der Waals surface area (Å²) in [6, 6.07) is 15.5. The number of carbonyl (C=O) groups excluding carboxylic acids is 1. The zero-order chi connectivity index (χ0) is 16.2. The van der Waals surface area contributed by atoms with Gasteiger partial charge >= 0.3 is 0 Å². The molecule has 0 atom stereocenters. The van der Waals surface area contributed by atoms with E-state index < -0.39 is 0 Å². The Kier molecular flexibility index (Phi) is 4.86. The smallest absolute Gasteiger partial charge is 0.251 e. The average Bonchev–Trinajstić information content (AvgIpc) is 2.52. The number of methoxy groups -OCH3 is 1. The molecule has 0 radical (unpaired) electrons. The minimum Gasteiger partial charge on any atom is -0.497 e. The van der Waals surface area contributed by atoms with E-state index in [-0.39, 0.29) is 11.3 Å². The highest BCUT2D eigenvalue weighted by atomic mass is 16.5. The second kappa shape index (κ2) is 6.65. The van der Waals surface area contributed by atoms with Gasteiger partial charge in [-0.3, -0.25) is 4.79 Å². The number of benzene rings is 2. The van der Waals surface area contributed by atoms with Gasteiger partial charge in [0, 0.05) is 12.1 Å². The van der Waals surface area contributed by atoms with E-state index in [9.17, 15) is 4.79 Å². The predicted molar refractivity (Wildman–Crippen MR) is 89.3 cm³/mol. The van der Waals surface area contributed by atoms with Crippen LogP contribution in [0, 0.1) is 0 Å². The minimum absolute atomic E-state index is 0.0590. The normalized spacial score (nSPS) is 11.1. The Labute approximate surface area is 132 Å². The van der Waals surface area contributed by atoms with Gasteiger partial charge in [-0.1, -0.05) is 45.0 Å². The number of hydrogen-bond donors (Lipinski definition) is 1. The van der Waals surface area contributed by atoms with Gasteiger partial charge in [0.05, 0.1) is 7.11 Å². The van der Waals surface area contributed by atoms with Crippen LogP contribution in [0.4, 0.5) is 0 Å². The third-order valence-electron chi connectivity index (χ3n) is 3.63. The van der Waals surface area contributed by atoms with Crippen LogP contribution < -0.4 is 10.1 Å². The second-order valence-electron chi connectivity index (χ2n) is 6.36. The first-order valence-electron chi connectivity index (χ1n) is 7.42. The van der Waals surface area contributed by atoms with Crippen LogP contribution in [0.2, 0.25) is 0 Å². The summed E-state index contributed by atoms with van der Waals surface area (Å²) in [6.45, 7) is 6.98. The summed E-state index contributed by atoms with van der Waals surface area (Å²) in [6.07, 6.45) is 0. The van der Waals surface area contributed by atoms with Crippen molar-refractivity contribution in [3.8, 4) is 5.75 Å². The fraction of sp³-hybridized carbons (Fsp3) is 0.316. The van der Waals surface area contributed by atoms with E-state index in [1.54, 1.807) is 7.11 Å². The maximum Gasteiger partial charge on any atom is 0.251 e. The molecule has 0 spiro atoms. The number of ether oxygens (including phenoxy) is 1. The van der Waals surface area contributed by atoms with Crippen LogP contribution in [0.15, 0.2) is 48.5 Å². The first-order chi connectivity index (χ1) is 10.4. The first-order valence-corrected chi connectivity index (χ1v) is 7.42.